The van der Waals surface area contributed by atoms with Gasteiger partial charge in [-0.05, 0) is 29.8 Å². The van der Waals surface area contributed by atoms with E-state index in [4.69, 9.17) is 18.9 Å². The van der Waals surface area contributed by atoms with Crippen LogP contribution in [0.5, 0.6) is 23.0 Å². The molecule has 2 N–H and O–H groups in total. The molecule has 3 aromatic rings. The highest BCUT2D eigenvalue weighted by atomic mass is 16.5. The Morgan fingerprint density at radius 3 is 2.24 bits per heavy atom. The summed E-state index contributed by atoms with van der Waals surface area (Å²) in [7, 11) is 4.36. The maximum Gasteiger partial charge on any atom is 0.343 e. The molecule has 0 aliphatic carbocycles. The third-order valence-electron chi connectivity index (χ3n) is 6.09. The maximum atomic E-state index is 12.9. The third-order valence-corrected chi connectivity index (χ3v) is 6.09. The Balaban J connectivity index is 1.48. The number of rotatable bonds is 9. The highest BCUT2D eigenvalue weighted by Gasteiger charge is 2.40. The highest BCUT2D eigenvalue weighted by Crippen LogP contribution is 2.38. The predicted molar refractivity (Wildman–Crippen MR) is 139 cm³/mol. The van der Waals surface area contributed by atoms with Crippen LogP contribution in [0.2, 0.25) is 0 Å². The largest absolute Gasteiger partial charge is 0.493 e. The van der Waals surface area contributed by atoms with E-state index in [-0.39, 0.29) is 23.1 Å². The molecule has 0 aromatic heterocycles. The molecule has 4 rings (SSSR count). The van der Waals surface area contributed by atoms with Crippen LogP contribution in [-0.2, 0) is 9.59 Å². The second kappa shape index (κ2) is 11.9. The number of carbonyl (C=O) groups is 3. The minimum Gasteiger partial charge on any atom is -0.493 e. The van der Waals surface area contributed by atoms with Gasteiger partial charge < -0.3 is 24.3 Å². The maximum absolute atomic E-state index is 12.9. The van der Waals surface area contributed by atoms with E-state index >= 15 is 0 Å². The van der Waals surface area contributed by atoms with Crippen LogP contribution in [0.3, 0.4) is 0 Å². The molecule has 1 heterocycles. The third kappa shape index (κ3) is 5.59. The molecule has 0 radical (unpaired) electrons. The molecule has 2 amide bonds. The van der Waals surface area contributed by atoms with E-state index in [1.165, 1.54) is 39.7 Å². The van der Waals surface area contributed by atoms with Gasteiger partial charge in [-0.25, -0.2) is 10.2 Å². The van der Waals surface area contributed by atoms with Crippen molar-refractivity contribution < 1.29 is 33.3 Å². The van der Waals surface area contributed by atoms with Crippen molar-refractivity contribution in [1.29, 1.82) is 0 Å². The van der Waals surface area contributed by atoms with Gasteiger partial charge in [0.1, 0.15) is 11.7 Å². The van der Waals surface area contributed by atoms with Gasteiger partial charge in [0.15, 0.2) is 11.5 Å². The molecule has 38 heavy (non-hydrogen) atoms. The average molecular weight is 518 g/mol. The molecule has 1 fully saturated rings. The van der Waals surface area contributed by atoms with E-state index in [1.807, 2.05) is 30.3 Å². The van der Waals surface area contributed by atoms with E-state index in [1.54, 1.807) is 24.3 Å². The number of methoxy groups -OCH3 is 3. The van der Waals surface area contributed by atoms with Crippen molar-refractivity contribution in [3.63, 3.8) is 0 Å². The summed E-state index contributed by atoms with van der Waals surface area (Å²) in [6.45, 7) is 0.365. The SMILES string of the molecule is COc1cc(C(=O)Oc2ccccc2/C=N/NC(=O)[C@@H]2C(=O)NC[C@H]2c2ccccc2)cc(OC)c1OC. The summed E-state index contributed by atoms with van der Waals surface area (Å²) in [6, 6.07) is 19.0. The number of carbonyl (C=O) groups excluding carboxylic acids is 3. The summed E-state index contributed by atoms with van der Waals surface area (Å²) in [5.41, 5.74) is 3.94. The summed E-state index contributed by atoms with van der Waals surface area (Å²) >= 11 is 0. The summed E-state index contributed by atoms with van der Waals surface area (Å²) in [5, 5.41) is 6.76. The van der Waals surface area contributed by atoms with Gasteiger partial charge in [0.25, 0.3) is 5.91 Å². The van der Waals surface area contributed by atoms with Crippen LogP contribution >= 0.6 is 0 Å². The zero-order valence-corrected chi connectivity index (χ0v) is 21.1. The number of nitrogens with one attached hydrogen (secondary N) is 2. The monoisotopic (exact) mass is 517 g/mol. The van der Waals surface area contributed by atoms with E-state index in [9.17, 15) is 14.4 Å². The fourth-order valence-electron chi connectivity index (χ4n) is 4.21. The lowest BCUT2D eigenvalue weighted by Gasteiger charge is -2.15. The van der Waals surface area contributed by atoms with Crippen LogP contribution in [0.25, 0.3) is 0 Å². The molecule has 1 saturated heterocycles. The van der Waals surface area contributed by atoms with E-state index in [0.717, 1.165) is 5.56 Å². The van der Waals surface area contributed by atoms with Gasteiger partial charge in [0.2, 0.25) is 11.7 Å². The number of hydrogen-bond acceptors (Lipinski definition) is 8. The number of hydrogen-bond donors (Lipinski definition) is 2. The summed E-state index contributed by atoms with van der Waals surface area (Å²) in [5.74, 6) is -1.59. The van der Waals surface area contributed by atoms with E-state index < -0.39 is 17.8 Å². The van der Waals surface area contributed by atoms with Crippen LogP contribution in [0.4, 0.5) is 0 Å². The molecule has 1 aliphatic rings. The lowest BCUT2D eigenvalue weighted by atomic mass is 9.88. The Hall–Kier alpha value is -4.86. The minimum atomic E-state index is -0.914. The molecule has 3 aromatic carbocycles. The summed E-state index contributed by atoms with van der Waals surface area (Å²) in [4.78, 5) is 38.1. The highest BCUT2D eigenvalue weighted by molar-refractivity contribution is 6.03. The summed E-state index contributed by atoms with van der Waals surface area (Å²) < 4.78 is 21.5. The van der Waals surface area contributed by atoms with Crippen molar-refractivity contribution in [2.45, 2.75) is 5.92 Å². The smallest absolute Gasteiger partial charge is 0.343 e. The van der Waals surface area contributed by atoms with Crippen molar-refractivity contribution in [3.8, 4) is 23.0 Å². The van der Waals surface area contributed by atoms with Gasteiger partial charge >= 0.3 is 5.97 Å². The Kier molecular flexibility index (Phi) is 8.22. The first-order chi connectivity index (χ1) is 18.5. The Morgan fingerprint density at radius 2 is 1.58 bits per heavy atom. The molecule has 196 valence electrons. The molecule has 0 saturated carbocycles. The van der Waals surface area contributed by atoms with Crippen LogP contribution in [0.1, 0.15) is 27.4 Å². The van der Waals surface area contributed by atoms with Crippen LogP contribution in [-0.4, -0.2) is 51.9 Å². The number of ether oxygens (including phenoxy) is 4. The fraction of sp³-hybridized carbons (Fsp3) is 0.214. The van der Waals surface area contributed by atoms with E-state index in [0.29, 0.717) is 29.4 Å². The molecule has 2 atom stereocenters. The number of esters is 1. The van der Waals surface area contributed by atoms with Crippen molar-refractivity contribution in [2.75, 3.05) is 27.9 Å². The first-order valence-electron chi connectivity index (χ1n) is 11.7. The summed E-state index contributed by atoms with van der Waals surface area (Å²) in [6.07, 6.45) is 1.35. The number of para-hydroxylation sites is 1. The lowest BCUT2D eigenvalue weighted by molar-refractivity contribution is -0.133. The predicted octanol–water partition coefficient (Wildman–Crippen LogP) is 2.91. The van der Waals surface area contributed by atoms with Crippen LogP contribution in [0, 0.1) is 5.92 Å². The molecule has 0 bridgehead atoms. The van der Waals surface area contributed by atoms with Gasteiger partial charge in [-0.15, -0.1) is 0 Å². The average Bonchev–Trinajstić information content (AvgIpc) is 3.34. The topological polar surface area (TPSA) is 125 Å². The van der Waals surface area contributed by atoms with Crippen molar-refractivity contribution in [2.24, 2.45) is 11.0 Å². The lowest BCUT2D eigenvalue weighted by Crippen LogP contribution is -2.34. The first kappa shape index (κ1) is 26.2. The number of benzene rings is 3. The van der Waals surface area contributed by atoms with Gasteiger partial charge in [0, 0.05) is 18.0 Å². The van der Waals surface area contributed by atoms with Crippen molar-refractivity contribution >= 4 is 24.0 Å². The Bertz CT molecular complexity index is 1330. The molecule has 10 nitrogen and oxygen atoms in total. The van der Waals surface area contributed by atoms with E-state index in [2.05, 4.69) is 15.8 Å². The zero-order valence-electron chi connectivity index (χ0n) is 21.1. The van der Waals surface area contributed by atoms with Gasteiger partial charge in [-0.1, -0.05) is 42.5 Å². The second-order valence-electron chi connectivity index (χ2n) is 8.32. The zero-order chi connectivity index (χ0) is 27.1. The quantitative estimate of drug-likeness (QED) is 0.147. The molecular weight excluding hydrogens is 490 g/mol. The van der Waals surface area contributed by atoms with Crippen molar-refractivity contribution in [3.05, 3.63) is 83.4 Å². The number of amides is 2. The second-order valence-corrected chi connectivity index (χ2v) is 8.32. The standard InChI is InChI=1S/C28H27N3O7/c1-35-22-13-19(14-23(36-2)25(22)37-3)28(34)38-21-12-8-7-11-18(21)15-30-31-27(33)24-20(16-29-26(24)32)17-9-5-4-6-10-17/h4-15,20,24H,16H2,1-3H3,(H,29,32)(H,31,33)/b30-15+/t20-,24-/m0/s1. The van der Waals surface area contributed by atoms with Crippen LogP contribution < -0.4 is 29.7 Å². The van der Waals surface area contributed by atoms with Gasteiger partial charge in [-0.2, -0.15) is 5.10 Å². The Labute approximate surface area is 219 Å². The van der Waals surface area contributed by atoms with Crippen molar-refractivity contribution in [1.82, 2.24) is 10.7 Å². The fourth-order valence-corrected chi connectivity index (χ4v) is 4.21. The first-order valence-corrected chi connectivity index (χ1v) is 11.7. The normalized spacial score (nSPS) is 16.6. The molecule has 0 spiro atoms. The Morgan fingerprint density at radius 1 is 0.921 bits per heavy atom. The molecular formula is C28H27N3O7. The number of nitrogens with zero attached hydrogens (tertiary/aromatic N) is 1. The minimum absolute atomic E-state index is 0.179. The molecule has 10 heteroatoms. The van der Waals surface area contributed by atoms with Crippen LogP contribution in [0.15, 0.2) is 71.8 Å². The van der Waals surface area contributed by atoms with Gasteiger partial charge in [-0.3, -0.25) is 9.59 Å². The van der Waals surface area contributed by atoms with Gasteiger partial charge in [0.05, 0.1) is 33.1 Å². The molecule has 0 unspecified atom stereocenters. The number of hydrazone groups is 1. The molecule has 1 aliphatic heterocycles.